The van der Waals surface area contributed by atoms with E-state index < -0.39 is 0 Å². The van der Waals surface area contributed by atoms with E-state index in [0.717, 1.165) is 12.8 Å². The molecule has 0 unspecified atom stereocenters. The SMILES string of the molecule is C=C[C@]1(C)CCC1=O. The molecular weight excluding hydrogens is 100 g/mol. The third kappa shape index (κ3) is 0.507. The number of rotatable bonds is 1. The summed E-state index contributed by atoms with van der Waals surface area (Å²) >= 11 is 0. The largest absolute Gasteiger partial charge is 0.299 e. The molecule has 8 heavy (non-hydrogen) atoms. The van der Waals surface area contributed by atoms with Crippen LogP contribution in [0, 0.1) is 5.41 Å². The van der Waals surface area contributed by atoms with E-state index in [2.05, 4.69) is 6.58 Å². The second-order valence-electron chi connectivity index (χ2n) is 2.54. The lowest BCUT2D eigenvalue weighted by Crippen LogP contribution is -2.35. The van der Waals surface area contributed by atoms with Crippen LogP contribution in [-0.2, 0) is 4.79 Å². The van der Waals surface area contributed by atoms with Crippen molar-refractivity contribution >= 4 is 5.78 Å². The first-order chi connectivity index (χ1) is 3.69. The monoisotopic (exact) mass is 110 g/mol. The third-order valence-electron chi connectivity index (χ3n) is 1.96. The summed E-state index contributed by atoms with van der Waals surface area (Å²) in [4.78, 5) is 10.7. The van der Waals surface area contributed by atoms with Gasteiger partial charge in [0, 0.05) is 11.8 Å². The molecule has 44 valence electrons. The highest BCUT2D eigenvalue weighted by Gasteiger charge is 2.37. The molecule has 0 aromatic heterocycles. The first kappa shape index (κ1) is 5.54. The molecule has 1 aliphatic carbocycles. The molecular formula is C7H10O. The molecule has 1 atom stereocenters. The number of carbonyl (C=O) groups is 1. The van der Waals surface area contributed by atoms with Gasteiger partial charge in [-0.25, -0.2) is 0 Å². The van der Waals surface area contributed by atoms with Crippen molar-refractivity contribution in [3.05, 3.63) is 12.7 Å². The summed E-state index contributed by atoms with van der Waals surface area (Å²) in [6.07, 6.45) is 3.50. The molecule has 0 N–H and O–H groups in total. The Kier molecular flexibility index (Phi) is 0.999. The van der Waals surface area contributed by atoms with Crippen molar-refractivity contribution in [3.8, 4) is 0 Å². The zero-order valence-corrected chi connectivity index (χ0v) is 5.11. The van der Waals surface area contributed by atoms with Crippen LogP contribution in [-0.4, -0.2) is 5.78 Å². The lowest BCUT2D eigenvalue weighted by Gasteiger charge is -2.32. The van der Waals surface area contributed by atoms with Crippen molar-refractivity contribution in [2.75, 3.05) is 0 Å². The number of allylic oxidation sites excluding steroid dienone is 1. The summed E-state index contributed by atoms with van der Waals surface area (Å²) in [7, 11) is 0. The van der Waals surface area contributed by atoms with Crippen LogP contribution in [0.25, 0.3) is 0 Å². The smallest absolute Gasteiger partial charge is 0.142 e. The highest BCUT2D eigenvalue weighted by atomic mass is 16.1. The molecule has 1 saturated carbocycles. The van der Waals surface area contributed by atoms with Crippen LogP contribution < -0.4 is 0 Å². The van der Waals surface area contributed by atoms with Crippen molar-refractivity contribution < 1.29 is 4.79 Å². The average Bonchev–Trinajstić information content (AvgIpc) is 1.83. The van der Waals surface area contributed by atoms with Crippen molar-refractivity contribution in [2.24, 2.45) is 5.41 Å². The lowest BCUT2D eigenvalue weighted by molar-refractivity contribution is -0.133. The van der Waals surface area contributed by atoms with Gasteiger partial charge < -0.3 is 0 Å². The van der Waals surface area contributed by atoms with Crippen LogP contribution in [0.5, 0.6) is 0 Å². The van der Waals surface area contributed by atoms with Crippen LogP contribution in [0.1, 0.15) is 19.8 Å². The van der Waals surface area contributed by atoms with Gasteiger partial charge in [0.2, 0.25) is 0 Å². The number of hydrogen-bond acceptors (Lipinski definition) is 1. The Labute approximate surface area is 49.4 Å². The van der Waals surface area contributed by atoms with Gasteiger partial charge in [-0.3, -0.25) is 4.79 Å². The lowest BCUT2D eigenvalue weighted by atomic mass is 9.69. The van der Waals surface area contributed by atoms with Crippen molar-refractivity contribution in [2.45, 2.75) is 19.8 Å². The molecule has 0 aromatic rings. The molecule has 0 heterocycles. The maximum atomic E-state index is 10.7. The van der Waals surface area contributed by atoms with E-state index in [-0.39, 0.29) is 5.41 Å². The molecule has 0 amide bonds. The summed E-state index contributed by atoms with van der Waals surface area (Å²) in [5, 5.41) is 0. The number of ketones is 1. The normalized spacial score (nSPS) is 36.4. The summed E-state index contributed by atoms with van der Waals surface area (Å²) in [5.41, 5.74) is -0.153. The fraction of sp³-hybridized carbons (Fsp3) is 0.571. The van der Waals surface area contributed by atoms with Crippen molar-refractivity contribution in [3.63, 3.8) is 0 Å². The fourth-order valence-electron chi connectivity index (χ4n) is 0.837. The van der Waals surface area contributed by atoms with Gasteiger partial charge in [-0.05, 0) is 13.3 Å². The Hall–Kier alpha value is -0.590. The van der Waals surface area contributed by atoms with E-state index >= 15 is 0 Å². The minimum Gasteiger partial charge on any atom is -0.299 e. The number of hydrogen-bond donors (Lipinski definition) is 0. The van der Waals surface area contributed by atoms with Crippen LogP contribution in [0.15, 0.2) is 12.7 Å². The van der Waals surface area contributed by atoms with Gasteiger partial charge in [0.05, 0.1) is 0 Å². The standard InChI is InChI=1S/C7H10O/c1-3-7(2)5-4-6(7)8/h3H,1,4-5H2,2H3/t7-/m1/s1. The molecule has 0 bridgehead atoms. The molecule has 1 aliphatic rings. The molecule has 0 saturated heterocycles. The van der Waals surface area contributed by atoms with Gasteiger partial charge in [-0.15, -0.1) is 6.58 Å². The molecule has 0 spiro atoms. The van der Waals surface area contributed by atoms with Crippen molar-refractivity contribution in [1.29, 1.82) is 0 Å². The molecule has 1 fully saturated rings. The molecule has 0 aliphatic heterocycles. The quantitative estimate of drug-likeness (QED) is 0.468. The second-order valence-corrected chi connectivity index (χ2v) is 2.54. The summed E-state index contributed by atoms with van der Waals surface area (Å²) in [6.45, 7) is 5.52. The summed E-state index contributed by atoms with van der Waals surface area (Å²) in [5.74, 6) is 0.340. The number of carbonyl (C=O) groups excluding carboxylic acids is 1. The Bertz CT molecular complexity index is 137. The highest BCUT2D eigenvalue weighted by molar-refractivity contribution is 5.91. The summed E-state index contributed by atoms with van der Waals surface area (Å²) < 4.78 is 0. The van der Waals surface area contributed by atoms with Gasteiger partial charge in [0.1, 0.15) is 5.78 Å². The Morgan fingerprint density at radius 3 is 2.50 bits per heavy atom. The van der Waals surface area contributed by atoms with E-state index in [1.807, 2.05) is 6.92 Å². The molecule has 1 heteroatoms. The zero-order valence-electron chi connectivity index (χ0n) is 5.11. The predicted molar refractivity (Wildman–Crippen MR) is 32.5 cm³/mol. The van der Waals surface area contributed by atoms with Crippen LogP contribution in [0.4, 0.5) is 0 Å². The van der Waals surface area contributed by atoms with E-state index in [1.54, 1.807) is 6.08 Å². The average molecular weight is 110 g/mol. The van der Waals surface area contributed by atoms with E-state index in [9.17, 15) is 4.79 Å². The molecule has 1 nitrogen and oxygen atoms in total. The van der Waals surface area contributed by atoms with Crippen molar-refractivity contribution in [1.82, 2.24) is 0 Å². The van der Waals surface area contributed by atoms with E-state index in [4.69, 9.17) is 0 Å². The first-order valence-electron chi connectivity index (χ1n) is 2.86. The van der Waals surface area contributed by atoms with E-state index in [1.165, 1.54) is 0 Å². The summed E-state index contributed by atoms with van der Waals surface area (Å²) in [6, 6.07) is 0. The first-order valence-corrected chi connectivity index (χ1v) is 2.86. The highest BCUT2D eigenvalue weighted by Crippen LogP contribution is 2.37. The van der Waals surface area contributed by atoms with Gasteiger partial charge in [-0.2, -0.15) is 0 Å². The van der Waals surface area contributed by atoms with Crippen LogP contribution in [0.3, 0.4) is 0 Å². The second kappa shape index (κ2) is 1.44. The Morgan fingerprint density at radius 1 is 1.88 bits per heavy atom. The topological polar surface area (TPSA) is 17.1 Å². The maximum absolute atomic E-state index is 10.7. The molecule has 1 rings (SSSR count). The van der Waals surface area contributed by atoms with Crippen LogP contribution in [0.2, 0.25) is 0 Å². The molecule has 0 radical (unpaired) electrons. The predicted octanol–water partition coefficient (Wildman–Crippen LogP) is 1.54. The Balaban J connectivity index is 2.68. The molecule has 0 aromatic carbocycles. The van der Waals surface area contributed by atoms with Gasteiger partial charge in [0.15, 0.2) is 0 Å². The van der Waals surface area contributed by atoms with Gasteiger partial charge in [0.25, 0.3) is 0 Å². The van der Waals surface area contributed by atoms with E-state index in [0.29, 0.717) is 5.78 Å². The van der Waals surface area contributed by atoms with Crippen LogP contribution >= 0.6 is 0 Å². The number of Topliss-reactive ketones (excluding diaryl/α,β-unsaturated/α-hetero) is 1. The maximum Gasteiger partial charge on any atom is 0.142 e. The minimum atomic E-state index is -0.153. The fourth-order valence-corrected chi connectivity index (χ4v) is 0.837. The zero-order chi connectivity index (χ0) is 6.20. The third-order valence-corrected chi connectivity index (χ3v) is 1.96. The minimum absolute atomic E-state index is 0.153. The van der Waals surface area contributed by atoms with Gasteiger partial charge >= 0.3 is 0 Å². The Morgan fingerprint density at radius 2 is 2.50 bits per heavy atom. The van der Waals surface area contributed by atoms with Gasteiger partial charge in [-0.1, -0.05) is 6.08 Å².